The Kier molecular flexibility index (Phi) is 3.73. The van der Waals surface area contributed by atoms with Gasteiger partial charge in [-0.15, -0.1) is 0 Å². The Balaban J connectivity index is 2.40. The molecule has 2 rings (SSSR count). The van der Waals surface area contributed by atoms with Gasteiger partial charge in [0, 0.05) is 15.2 Å². The first-order valence-electron chi connectivity index (χ1n) is 5.04. The summed E-state index contributed by atoms with van der Waals surface area (Å²) >= 11 is 2.16. The van der Waals surface area contributed by atoms with E-state index in [4.69, 9.17) is 5.73 Å². The van der Waals surface area contributed by atoms with E-state index in [0.717, 1.165) is 15.2 Å². The van der Waals surface area contributed by atoms with Crippen LogP contribution in [0.2, 0.25) is 0 Å². The number of hydrogen-bond donors (Lipinski definition) is 1. The van der Waals surface area contributed by atoms with Crippen molar-refractivity contribution in [1.29, 1.82) is 0 Å². The zero-order valence-corrected chi connectivity index (χ0v) is 11.0. The molecule has 17 heavy (non-hydrogen) atoms. The first kappa shape index (κ1) is 12.4. The fourth-order valence-electron chi connectivity index (χ4n) is 1.63. The van der Waals surface area contributed by atoms with E-state index in [2.05, 4.69) is 22.6 Å². The molecule has 0 aliphatic carbocycles. The molecule has 0 spiro atoms. The van der Waals surface area contributed by atoms with Crippen molar-refractivity contribution < 1.29 is 8.78 Å². The van der Waals surface area contributed by atoms with Gasteiger partial charge in [-0.1, -0.05) is 18.2 Å². The largest absolute Gasteiger partial charge is 0.320 e. The third-order valence-corrected chi connectivity index (χ3v) is 3.18. The Morgan fingerprint density at radius 2 is 1.82 bits per heavy atom. The van der Waals surface area contributed by atoms with Gasteiger partial charge in [0.1, 0.15) is 11.6 Å². The topological polar surface area (TPSA) is 26.0 Å². The highest BCUT2D eigenvalue weighted by Gasteiger charge is 2.14. The van der Waals surface area contributed by atoms with E-state index in [0.29, 0.717) is 5.56 Å². The van der Waals surface area contributed by atoms with Crippen LogP contribution in [0.4, 0.5) is 8.78 Å². The molecular weight excluding hydrogens is 335 g/mol. The Morgan fingerprint density at radius 1 is 1.06 bits per heavy atom. The molecule has 1 nitrogen and oxygen atoms in total. The van der Waals surface area contributed by atoms with Crippen molar-refractivity contribution in [3.8, 4) is 0 Å². The van der Waals surface area contributed by atoms with Crippen LogP contribution in [-0.4, -0.2) is 0 Å². The molecule has 0 amide bonds. The lowest BCUT2D eigenvalue weighted by atomic mass is 9.99. The number of rotatable bonds is 2. The molecular formula is C13H10F2IN. The number of nitrogens with two attached hydrogens (primary N) is 1. The fraction of sp³-hybridized carbons (Fsp3) is 0.0769. The highest BCUT2D eigenvalue weighted by atomic mass is 127. The summed E-state index contributed by atoms with van der Waals surface area (Å²) in [5, 5.41) is 0. The monoisotopic (exact) mass is 345 g/mol. The predicted octanol–water partition coefficient (Wildman–Crippen LogP) is 3.62. The van der Waals surface area contributed by atoms with E-state index >= 15 is 0 Å². The van der Waals surface area contributed by atoms with E-state index in [9.17, 15) is 8.78 Å². The molecule has 1 unspecified atom stereocenters. The lowest BCUT2D eigenvalue weighted by Gasteiger charge is -2.13. The molecule has 0 fully saturated rings. The van der Waals surface area contributed by atoms with E-state index in [1.165, 1.54) is 12.1 Å². The first-order chi connectivity index (χ1) is 8.08. The molecule has 0 aromatic heterocycles. The second-order valence-corrected chi connectivity index (χ2v) is 4.94. The maximum Gasteiger partial charge on any atom is 0.131 e. The van der Waals surface area contributed by atoms with Crippen LogP contribution in [0, 0.1) is 15.2 Å². The summed E-state index contributed by atoms with van der Waals surface area (Å²) in [6, 6.07) is 10.4. The minimum atomic E-state index is -0.614. The summed E-state index contributed by atoms with van der Waals surface area (Å²) in [7, 11) is 0. The molecule has 4 heteroatoms. The molecule has 2 N–H and O–H groups in total. The summed E-state index contributed by atoms with van der Waals surface area (Å²) in [6.07, 6.45) is 0. The van der Waals surface area contributed by atoms with Crippen LogP contribution in [0.1, 0.15) is 17.2 Å². The van der Waals surface area contributed by atoms with Gasteiger partial charge in [0.25, 0.3) is 0 Å². The van der Waals surface area contributed by atoms with E-state index in [-0.39, 0.29) is 0 Å². The van der Waals surface area contributed by atoms with Gasteiger partial charge >= 0.3 is 0 Å². The lowest BCUT2D eigenvalue weighted by molar-refractivity contribution is 0.566. The van der Waals surface area contributed by atoms with Gasteiger partial charge in [-0.3, -0.25) is 0 Å². The normalized spacial score (nSPS) is 12.5. The summed E-state index contributed by atoms with van der Waals surface area (Å²) < 4.78 is 27.4. The summed E-state index contributed by atoms with van der Waals surface area (Å²) in [5.74, 6) is -1.21. The average molecular weight is 345 g/mol. The number of halogens is 3. The maximum atomic E-state index is 13.6. The van der Waals surface area contributed by atoms with Crippen molar-refractivity contribution >= 4 is 22.6 Å². The maximum absolute atomic E-state index is 13.6. The highest BCUT2D eigenvalue weighted by Crippen LogP contribution is 2.23. The van der Waals surface area contributed by atoms with Crippen LogP contribution in [-0.2, 0) is 0 Å². The fourth-order valence-corrected chi connectivity index (χ4v) is 2.20. The molecule has 0 aliphatic rings. The highest BCUT2D eigenvalue weighted by molar-refractivity contribution is 14.1. The molecule has 0 heterocycles. The van der Waals surface area contributed by atoms with Crippen LogP contribution in [0.3, 0.4) is 0 Å². The van der Waals surface area contributed by atoms with Crippen LogP contribution >= 0.6 is 22.6 Å². The zero-order chi connectivity index (χ0) is 12.4. The van der Waals surface area contributed by atoms with Crippen LogP contribution in [0.15, 0.2) is 42.5 Å². The van der Waals surface area contributed by atoms with Gasteiger partial charge in [-0.05, 0) is 46.4 Å². The SMILES string of the molecule is NC(c1cccc(I)c1)c1ccc(F)cc1F. The van der Waals surface area contributed by atoms with Crippen molar-refractivity contribution in [2.45, 2.75) is 6.04 Å². The van der Waals surface area contributed by atoms with Crippen molar-refractivity contribution in [3.63, 3.8) is 0 Å². The van der Waals surface area contributed by atoms with Crippen LogP contribution < -0.4 is 5.73 Å². The Bertz CT molecular complexity index is 543. The summed E-state index contributed by atoms with van der Waals surface area (Å²) in [4.78, 5) is 0. The average Bonchev–Trinajstić information content (AvgIpc) is 2.28. The molecule has 2 aromatic carbocycles. The molecule has 0 bridgehead atoms. The van der Waals surface area contributed by atoms with Crippen molar-refractivity contribution in [2.24, 2.45) is 5.73 Å². The van der Waals surface area contributed by atoms with Crippen LogP contribution in [0.5, 0.6) is 0 Å². The van der Waals surface area contributed by atoms with Gasteiger partial charge in [-0.25, -0.2) is 8.78 Å². The Morgan fingerprint density at radius 3 is 2.47 bits per heavy atom. The molecule has 0 aliphatic heterocycles. The van der Waals surface area contributed by atoms with E-state index in [1.807, 2.05) is 24.3 Å². The second kappa shape index (κ2) is 5.10. The lowest BCUT2D eigenvalue weighted by Crippen LogP contribution is -2.13. The molecule has 1 atom stereocenters. The third kappa shape index (κ3) is 2.81. The van der Waals surface area contributed by atoms with Crippen molar-refractivity contribution in [2.75, 3.05) is 0 Å². The van der Waals surface area contributed by atoms with Crippen molar-refractivity contribution in [1.82, 2.24) is 0 Å². The minimum Gasteiger partial charge on any atom is -0.320 e. The molecule has 88 valence electrons. The molecule has 0 radical (unpaired) electrons. The minimum absolute atomic E-state index is 0.299. The summed E-state index contributed by atoms with van der Waals surface area (Å²) in [6.45, 7) is 0. The van der Waals surface area contributed by atoms with Crippen molar-refractivity contribution in [3.05, 3.63) is 68.8 Å². The quantitative estimate of drug-likeness (QED) is 0.827. The summed E-state index contributed by atoms with van der Waals surface area (Å²) in [5.41, 5.74) is 7.08. The van der Waals surface area contributed by atoms with Gasteiger partial charge < -0.3 is 5.73 Å². The number of hydrogen-bond acceptors (Lipinski definition) is 1. The second-order valence-electron chi connectivity index (χ2n) is 3.70. The zero-order valence-electron chi connectivity index (χ0n) is 8.83. The standard InChI is InChI=1S/C13H10F2IN/c14-9-4-5-11(12(15)7-9)13(17)8-2-1-3-10(16)6-8/h1-7,13H,17H2. The molecule has 2 aromatic rings. The van der Waals surface area contributed by atoms with Gasteiger partial charge in [0.05, 0.1) is 6.04 Å². The van der Waals surface area contributed by atoms with E-state index in [1.54, 1.807) is 0 Å². The van der Waals surface area contributed by atoms with Gasteiger partial charge in [0.15, 0.2) is 0 Å². The smallest absolute Gasteiger partial charge is 0.131 e. The van der Waals surface area contributed by atoms with Gasteiger partial charge in [-0.2, -0.15) is 0 Å². The number of benzene rings is 2. The van der Waals surface area contributed by atoms with Gasteiger partial charge in [0.2, 0.25) is 0 Å². The Hall–Kier alpha value is -1.01. The third-order valence-electron chi connectivity index (χ3n) is 2.51. The van der Waals surface area contributed by atoms with Crippen LogP contribution in [0.25, 0.3) is 0 Å². The Labute approximate surface area is 112 Å². The molecule has 0 saturated heterocycles. The van der Waals surface area contributed by atoms with E-state index < -0.39 is 17.7 Å². The first-order valence-corrected chi connectivity index (χ1v) is 6.12. The predicted molar refractivity (Wildman–Crippen MR) is 71.5 cm³/mol. The molecule has 0 saturated carbocycles.